The lowest BCUT2D eigenvalue weighted by atomic mass is 9.68. The molecule has 3 aliphatic carbocycles. The first kappa shape index (κ1) is 79.0. The van der Waals surface area contributed by atoms with Crippen LogP contribution in [0.3, 0.4) is 0 Å². The van der Waals surface area contributed by atoms with Crippen molar-refractivity contribution in [2.75, 3.05) is 26.4 Å². The summed E-state index contributed by atoms with van der Waals surface area (Å²) in [6, 6.07) is 98.5. The van der Waals surface area contributed by atoms with Crippen molar-refractivity contribution < 1.29 is 57.2 Å². The van der Waals surface area contributed by atoms with E-state index in [1.807, 2.05) is 72.8 Å². The lowest BCUT2D eigenvalue weighted by Crippen LogP contribution is -2.28. The summed E-state index contributed by atoms with van der Waals surface area (Å²) in [5, 5.41) is 0. The van der Waals surface area contributed by atoms with Crippen LogP contribution in [0.25, 0.3) is 33.4 Å². The van der Waals surface area contributed by atoms with Gasteiger partial charge in [0.25, 0.3) is 0 Å². The Morgan fingerprint density at radius 1 is 0.278 bits per heavy atom. The molecule has 2 atom stereocenters. The van der Waals surface area contributed by atoms with E-state index in [-0.39, 0.29) is 61.1 Å². The summed E-state index contributed by atoms with van der Waals surface area (Å²) < 4.78 is 34.5. The fourth-order valence-corrected chi connectivity index (χ4v) is 15.7. The molecule has 0 heterocycles. The van der Waals surface area contributed by atoms with Gasteiger partial charge in [-0.25, -0.2) is 0 Å². The van der Waals surface area contributed by atoms with E-state index in [1.165, 1.54) is 91.1 Å². The number of ether oxygens (including phenoxy) is 6. The van der Waals surface area contributed by atoms with E-state index in [0.717, 1.165) is 33.4 Å². The number of fused-ring (bicyclic) bond motifs is 9. The second kappa shape index (κ2) is 34.7. The van der Waals surface area contributed by atoms with E-state index in [1.54, 1.807) is 27.7 Å². The molecule has 0 aliphatic heterocycles. The van der Waals surface area contributed by atoms with Crippen LogP contribution in [-0.4, -0.2) is 73.3 Å². The van der Waals surface area contributed by atoms with E-state index in [0.29, 0.717) is 45.6 Å². The SMILES string of the molecule is C=C(C)C(=O)COc1ccc(C2(c3ccc(OCC(=O)C(=C)C)cc3)c3ccccc3-c3ccccc32)cc1.C=CC(=O)C(C)Oc1ccc(C2(c3ccc(OC(C)C(=O)C=C)cc3)c3ccccc3-c3ccccc32)cc1.C=CC(=O)COc1ccc(C2(c3ccc(OCC(=O)C=C)cc3)c3ccccc3-c3ccccc32)cc1. The molecule has 115 heavy (non-hydrogen) atoms. The van der Waals surface area contributed by atoms with Crippen molar-refractivity contribution in [3.8, 4) is 67.9 Å². The molecular weight excluding hydrogens is 1430 g/mol. The summed E-state index contributed by atoms with van der Waals surface area (Å²) in [6.07, 6.45) is 3.85. The van der Waals surface area contributed by atoms with Gasteiger partial charge in [-0.2, -0.15) is 0 Å². The number of hydrogen-bond acceptors (Lipinski definition) is 12. The minimum atomic E-state index is -0.613. The summed E-state index contributed by atoms with van der Waals surface area (Å²) in [6.45, 7) is 28.1. The zero-order chi connectivity index (χ0) is 81.0. The fraction of sp³-hybridized carbons (Fsp3) is 0.126. The summed E-state index contributed by atoms with van der Waals surface area (Å²) in [7, 11) is 0. The minimum Gasteiger partial charge on any atom is -0.485 e. The van der Waals surface area contributed by atoms with Crippen molar-refractivity contribution in [1.29, 1.82) is 0 Å². The Morgan fingerprint density at radius 2 is 0.470 bits per heavy atom. The molecule has 0 bridgehead atoms. The smallest absolute Gasteiger partial charge is 0.195 e. The molecule has 3 aliphatic rings. The Labute approximate surface area is 671 Å². The van der Waals surface area contributed by atoms with Gasteiger partial charge in [-0.15, -0.1) is 0 Å². The Morgan fingerprint density at radius 3 is 0.661 bits per heavy atom. The zero-order valence-corrected chi connectivity index (χ0v) is 64.6. The van der Waals surface area contributed by atoms with Crippen LogP contribution >= 0.6 is 0 Å². The molecule has 12 heteroatoms. The summed E-state index contributed by atoms with van der Waals surface area (Å²) in [5.74, 6) is 2.77. The normalized spacial score (nSPS) is 13.2. The molecule has 15 rings (SSSR count). The van der Waals surface area contributed by atoms with Crippen molar-refractivity contribution in [1.82, 2.24) is 0 Å². The Kier molecular flexibility index (Phi) is 23.8. The number of Topliss-reactive ketones (excluding diaryl/α,β-unsaturated/α-hetero) is 2. The summed E-state index contributed by atoms with van der Waals surface area (Å²) in [4.78, 5) is 71.2. The molecular formula is C103H86O12. The van der Waals surface area contributed by atoms with Crippen LogP contribution in [0.1, 0.15) is 94.5 Å². The first-order valence-electron chi connectivity index (χ1n) is 37.9. The molecule has 0 fully saturated rings. The first-order chi connectivity index (χ1) is 55.8. The quantitative estimate of drug-likeness (QED) is 0.0393. The maximum absolute atomic E-state index is 12.0. The molecule has 0 radical (unpaired) electrons. The second-order valence-corrected chi connectivity index (χ2v) is 28.3. The van der Waals surface area contributed by atoms with Crippen LogP contribution in [0, 0.1) is 0 Å². The van der Waals surface area contributed by atoms with E-state index in [9.17, 15) is 28.8 Å². The van der Waals surface area contributed by atoms with Gasteiger partial charge >= 0.3 is 0 Å². The molecule has 0 saturated carbocycles. The van der Waals surface area contributed by atoms with Gasteiger partial charge in [0.2, 0.25) is 0 Å². The van der Waals surface area contributed by atoms with Crippen LogP contribution in [-0.2, 0) is 45.0 Å². The third-order valence-electron chi connectivity index (χ3n) is 21.3. The highest BCUT2D eigenvalue weighted by molar-refractivity contribution is 5.97. The highest BCUT2D eigenvalue weighted by Crippen LogP contribution is 2.60. The number of rotatable bonds is 30. The molecule has 12 aromatic rings. The van der Waals surface area contributed by atoms with Crippen LogP contribution < -0.4 is 28.4 Å². The molecule has 12 aromatic carbocycles. The van der Waals surface area contributed by atoms with Crippen LogP contribution in [0.2, 0.25) is 0 Å². The lowest BCUT2D eigenvalue weighted by Gasteiger charge is -2.34. The number of hydrogen-bond donors (Lipinski definition) is 0. The van der Waals surface area contributed by atoms with Gasteiger partial charge in [-0.3, -0.25) is 28.8 Å². The predicted molar refractivity (Wildman–Crippen MR) is 454 cm³/mol. The molecule has 2 unspecified atom stereocenters. The largest absolute Gasteiger partial charge is 0.485 e. The maximum Gasteiger partial charge on any atom is 0.195 e. The highest BCUT2D eigenvalue weighted by atomic mass is 16.5. The predicted octanol–water partition coefficient (Wildman–Crippen LogP) is 20.5. The summed E-state index contributed by atoms with van der Waals surface area (Å²) in [5.41, 5.74) is 19.8. The first-order valence-corrected chi connectivity index (χ1v) is 37.9. The average molecular weight is 1520 g/mol. The van der Waals surface area contributed by atoms with Crippen molar-refractivity contribution >= 4 is 34.7 Å². The zero-order valence-electron chi connectivity index (χ0n) is 64.6. The number of carbonyl (C=O) groups is 6. The van der Waals surface area contributed by atoms with Crippen LogP contribution in [0.4, 0.5) is 0 Å². The molecule has 0 spiro atoms. The molecule has 570 valence electrons. The Bertz CT molecular complexity index is 5370. The standard InChI is InChI=1S/2C35H30O4.C33H26O4/c1-23(2)33(36)21-38-27-17-13-25(14-18-27)35(26-15-19-28(20-16-26)39-22-34(37)24(3)4)31-11-7-5-9-29(31)30-10-6-8-12-32(30)35;1-5-33(36)23(3)38-27-19-15-25(16-20-27)35(26-17-21-28(22-18-26)39-24(4)34(37)6-2)31-13-9-7-11-29(31)30-12-8-10-14-32(30)35;1-3-25(34)21-36-27-17-13-23(14-18-27)33(24-15-19-28(20-16-24)37-22-26(35)4-2)31-11-7-5-9-29(31)30-10-6-8-12-32(30)33/h5-20H,1,3,21-22H2,2,4H3;5-24H,1-2H2,3-4H3;3-20H,1-2,21-22H2. The van der Waals surface area contributed by atoms with Gasteiger partial charge in [-0.05, 0) is 236 Å². The number of benzene rings is 12. The molecule has 0 aromatic heterocycles. The number of carbonyl (C=O) groups excluding carboxylic acids is 6. The van der Waals surface area contributed by atoms with Crippen molar-refractivity contribution in [3.05, 3.63) is 433 Å². The molecule has 12 nitrogen and oxygen atoms in total. The van der Waals surface area contributed by atoms with Gasteiger partial charge in [0, 0.05) is 0 Å². The maximum atomic E-state index is 12.0. The molecule has 0 N–H and O–H groups in total. The highest BCUT2D eigenvalue weighted by Gasteiger charge is 2.49. The third-order valence-corrected chi connectivity index (χ3v) is 21.3. The topological polar surface area (TPSA) is 158 Å². The Hall–Kier alpha value is -14.1. The minimum absolute atomic E-state index is 0.0408. The van der Waals surface area contributed by atoms with Gasteiger partial charge in [0.1, 0.15) is 34.5 Å². The second-order valence-electron chi connectivity index (χ2n) is 28.3. The fourth-order valence-electron chi connectivity index (χ4n) is 15.7. The van der Waals surface area contributed by atoms with Gasteiger partial charge in [-0.1, -0.05) is 258 Å². The van der Waals surface area contributed by atoms with Crippen LogP contribution in [0.5, 0.6) is 34.5 Å². The van der Waals surface area contributed by atoms with Crippen molar-refractivity contribution in [2.24, 2.45) is 0 Å². The van der Waals surface area contributed by atoms with Gasteiger partial charge in [0.15, 0.2) is 73.3 Å². The van der Waals surface area contributed by atoms with Gasteiger partial charge < -0.3 is 28.4 Å². The van der Waals surface area contributed by atoms with E-state index >= 15 is 0 Å². The third kappa shape index (κ3) is 15.6. The molecule has 0 amide bonds. The van der Waals surface area contributed by atoms with Gasteiger partial charge in [0.05, 0.1) is 16.2 Å². The summed E-state index contributed by atoms with van der Waals surface area (Å²) >= 11 is 0. The number of ketones is 6. The van der Waals surface area contributed by atoms with Crippen LogP contribution in [0.15, 0.2) is 366 Å². The lowest BCUT2D eigenvalue weighted by molar-refractivity contribution is -0.120. The average Bonchev–Trinajstić information content (AvgIpc) is 1.56. The monoisotopic (exact) mass is 1510 g/mol. The van der Waals surface area contributed by atoms with E-state index < -0.39 is 28.5 Å². The van der Waals surface area contributed by atoms with E-state index in [2.05, 4.69) is 258 Å². The van der Waals surface area contributed by atoms with Crippen molar-refractivity contribution in [2.45, 2.75) is 56.1 Å². The van der Waals surface area contributed by atoms with Crippen molar-refractivity contribution in [3.63, 3.8) is 0 Å². The van der Waals surface area contributed by atoms with E-state index in [4.69, 9.17) is 28.4 Å². The Balaban J connectivity index is 0.000000150. The molecule has 0 saturated heterocycles.